The number of piperazine rings is 1. The number of carbonyl (C=O) groups is 8. The largest absolute Gasteiger partial charge is 0.743 e. The van der Waals surface area contributed by atoms with E-state index in [0.717, 1.165) is 0 Å². The van der Waals surface area contributed by atoms with E-state index in [2.05, 4.69) is 69.5 Å². The molecule has 0 saturated carbocycles. The molecule has 1 N–H and O–H groups in total. The van der Waals surface area contributed by atoms with E-state index in [4.69, 9.17) is 4.74 Å². The number of hydrogen-bond acceptors (Lipinski definition) is 30. The van der Waals surface area contributed by atoms with Crippen LogP contribution in [0.25, 0.3) is 0 Å². The summed E-state index contributed by atoms with van der Waals surface area (Å²) in [5, 5.41) is -22.4. The standard InChI is InChI=1S/C18H25F8NO7S.C15H17F8NO7S.C14H16F8N2O7S.C14H15F8NO8S/c1-4-6-9-27(10-7-5-2)14(29)16(17(22,23)24,34-13(28)12(3)19)33-11-8-15(20,21)18(25,26)35(30,31)32;1-9(16)10(25)31-13(14(19,20)21,11(26)24-6-3-2-4-7-24)30-8-5-12(17,18)15(22,23)32(27,28)29;1-8(15)9(25)31-12(13(18,19)20,10(26)24-5-3-23-4-6-24)30-7-2-11(16,17)14(21,22)32(27,28)29;1-8(15)9(24)31-12(13(18,19)20,10(25)23-3-6-29-7-4-23)30-5-2-11(16,17)14(21,22)32(26,27)28/h3-11H2,1-2H3,(H,30,31,32);1-8H2,(H,27,28,29);23H,1-7H2,(H,27,28,29);1-7H2,(H,26,27,28)/p-4. The predicted molar refractivity (Wildman–Crippen MR) is 355 cm³/mol. The molecule has 0 radical (unpaired) electrons. The normalized spacial score (nSPS) is 17.2. The molecule has 3 fully saturated rings. The third kappa shape index (κ3) is 30.4. The van der Waals surface area contributed by atoms with Crippen LogP contribution in [0.2, 0.25) is 0 Å². The second-order valence-corrected chi connectivity index (χ2v) is 31.7. The molecule has 4 unspecified atom stereocenters. The number of nitrogens with zero attached hydrogens (tertiary/aromatic N) is 4. The topological polar surface area (TPSA) is 473 Å². The lowest BCUT2D eigenvalue weighted by Gasteiger charge is -2.38. The molecule has 0 aromatic heterocycles. The second-order valence-electron chi connectivity index (χ2n) is 26.0. The van der Waals surface area contributed by atoms with Crippen molar-refractivity contribution in [1.82, 2.24) is 24.9 Å². The molecule has 131 heavy (non-hydrogen) atoms. The minimum Gasteiger partial charge on any atom is -0.743 e. The second kappa shape index (κ2) is 45.9. The Bertz CT molecular complexity index is 4160. The van der Waals surface area contributed by atoms with Gasteiger partial charge in [0.25, 0.3) is 0 Å². The van der Waals surface area contributed by atoms with Gasteiger partial charge < -0.3 is 85.8 Å². The van der Waals surface area contributed by atoms with Gasteiger partial charge >= 0.3 is 140 Å². The first kappa shape index (κ1) is 123. The number of carbonyl (C=O) groups excluding carboxylic acids is 8. The van der Waals surface area contributed by atoms with Gasteiger partial charge in [0.1, 0.15) is 0 Å². The Hall–Kier alpha value is -8.12. The van der Waals surface area contributed by atoms with Crippen molar-refractivity contribution in [1.29, 1.82) is 0 Å². The average Bonchev–Trinajstić information content (AvgIpc) is 0.766. The van der Waals surface area contributed by atoms with Crippen molar-refractivity contribution in [3.63, 3.8) is 0 Å². The van der Waals surface area contributed by atoms with Crippen LogP contribution >= 0.6 is 0 Å². The Labute approximate surface area is 716 Å². The molecule has 4 atom stereocenters. The SMILES string of the molecule is C=C(F)C(=O)OC(OCCC(F)(F)C(F)(F)S(=O)(=O)[O-])(C(=O)N(CCCC)CCCC)C(F)(F)F.C=C(F)C(=O)OC(OCCC(F)(F)C(F)(F)S(=O)(=O)[O-])(C(=O)N1CCCCC1)C(F)(F)F.C=C(F)C(=O)OC(OCCC(F)(F)C(F)(F)S(=O)(=O)[O-])(C(=O)N1CCNCC1)C(F)(F)F.C=C(F)C(=O)OC(OCCC(F)(F)C(F)(F)S(=O)(=O)[O-])(C(=O)N1CCOCC1)C(F)(F)F. The molecule has 0 aromatic carbocycles. The number of morpholine rings is 1. The monoisotopic (exact) mass is 2070 g/mol. The van der Waals surface area contributed by atoms with E-state index in [1.54, 1.807) is 13.8 Å². The molecule has 764 valence electrons. The summed E-state index contributed by atoms with van der Waals surface area (Å²) in [7, 11) is -27.8. The highest BCUT2D eigenvalue weighted by atomic mass is 32.2. The quantitative estimate of drug-likeness (QED) is 0.0149. The van der Waals surface area contributed by atoms with Crippen molar-refractivity contribution < 1.29 is 273 Å². The highest BCUT2D eigenvalue weighted by molar-refractivity contribution is 7.87. The van der Waals surface area contributed by atoms with Crippen molar-refractivity contribution in [3.8, 4) is 0 Å². The lowest BCUT2D eigenvalue weighted by Crippen LogP contribution is -2.64. The number of nitrogens with one attached hydrogen (secondary N) is 1. The third-order valence-electron chi connectivity index (χ3n) is 16.5. The summed E-state index contributed by atoms with van der Waals surface area (Å²) < 4.78 is 593. The number of esters is 4. The van der Waals surface area contributed by atoms with Crippen LogP contribution in [0, 0.1) is 0 Å². The molecule has 0 aliphatic carbocycles. The molecule has 0 spiro atoms. The van der Waals surface area contributed by atoms with E-state index in [1.807, 2.05) is 0 Å². The highest BCUT2D eigenvalue weighted by Gasteiger charge is 2.74. The zero-order chi connectivity index (χ0) is 103. The average molecular weight is 2070 g/mol. The number of alkyl halides is 28. The molecule has 3 aliphatic rings. The molecule has 3 aliphatic heterocycles. The van der Waals surface area contributed by atoms with E-state index in [1.165, 1.54) is 0 Å². The van der Waals surface area contributed by atoms with Crippen LogP contribution in [0.3, 0.4) is 0 Å². The Balaban J connectivity index is 0.00000172. The van der Waals surface area contributed by atoms with Crippen molar-refractivity contribution in [2.24, 2.45) is 0 Å². The fourth-order valence-corrected chi connectivity index (χ4v) is 11.4. The number of halogens is 32. The van der Waals surface area contributed by atoms with Crippen molar-refractivity contribution in [2.45, 2.75) is 177 Å². The molecular weight excluding hydrogens is 2000 g/mol. The number of rotatable bonds is 42. The maximum Gasteiger partial charge on any atom is 0.466 e. The van der Waals surface area contributed by atoms with Gasteiger partial charge in [-0.1, -0.05) is 53.0 Å². The Morgan fingerprint density at radius 1 is 0.351 bits per heavy atom. The molecule has 3 saturated heterocycles. The zero-order valence-electron chi connectivity index (χ0n) is 65.8. The van der Waals surface area contributed by atoms with Crippen molar-refractivity contribution in [3.05, 3.63) is 49.6 Å². The van der Waals surface area contributed by atoms with Gasteiger partial charge in [0.15, 0.2) is 40.5 Å². The lowest BCUT2D eigenvalue weighted by molar-refractivity contribution is -0.353. The van der Waals surface area contributed by atoms with Crippen LogP contribution in [0.5, 0.6) is 0 Å². The van der Waals surface area contributed by atoms with E-state index in [9.17, 15) is 231 Å². The van der Waals surface area contributed by atoms with E-state index in [0.29, 0.717) is 38.9 Å². The number of ether oxygens (including phenoxy) is 9. The molecule has 70 heteroatoms. The third-order valence-corrected chi connectivity index (χ3v) is 20.2. The van der Waals surface area contributed by atoms with Crippen LogP contribution < -0.4 is 5.32 Å². The highest BCUT2D eigenvalue weighted by Crippen LogP contribution is 2.49. The van der Waals surface area contributed by atoms with Gasteiger partial charge in [-0.15, -0.1) is 0 Å². The summed E-state index contributed by atoms with van der Waals surface area (Å²) in [4.78, 5) is 97.8. The smallest absolute Gasteiger partial charge is 0.466 e. The van der Waals surface area contributed by atoms with Gasteiger partial charge in [0.2, 0.25) is 23.3 Å². The fraction of sp³-hybridized carbons (Fsp3) is 0.738. The van der Waals surface area contributed by atoms with Crippen LogP contribution in [0.4, 0.5) is 140 Å². The predicted octanol–water partition coefficient (Wildman–Crippen LogP) is 8.54. The molecule has 3 rings (SSSR count). The van der Waals surface area contributed by atoms with Gasteiger partial charge in [-0.3, -0.25) is 19.2 Å². The maximum absolute atomic E-state index is 14.0. The summed E-state index contributed by atoms with van der Waals surface area (Å²) in [5.74, 6) is -69.4. The number of unbranched alkanes of at least 4 members (excludes halogenated alkanes) is 2. The number of likely N-dealkylation sites (tertiary alicyclic amines) is 1. The summed E-state index contributed by atoms with van der Waals surface area (Å²) in [5.41, 5.74) is 0. The first-order valence-electron chi connectivity index (χ1n) is 35.1. The van der Waals surface area contributed by atoms with E-state index < -0.39 is 282 Å². The summed E-state index contributed by atoms with van der Waals surface area (Å²) in [6.45, 7) is -0.128. The Kier molecular flexibility index (Phi) is 43.1. The Morgan fingerprint density at radius 3 is 0.779 bits per heavy atom. The summed E-state index contributed by atoms with van der Waals surface area (Å²) >= 11 is 0. The molecule has 0 aromatic rings. The Morgan fingerprint density at radius 2 is 0.565 bits per heavy atom. The maximum atomic E-state index is 14.0. The van der Waals surface area contributed by atoms with Crippen LogP contribution in [0.1, 0.15) is 84.5 Å². The van der Waals surface area contributed by atoms with Crippen LogP contribution in [-0.2, 0) is 121 Å². The lowest BCUT2D eigenvalue weighted by atomic mass is 10.1. The molecule has 3 heterocycles. The van der Waals surface area contributed by atoms with Gasteiger partial charge in [0.05, 0.1) is 39.6 Å². The van der Waals surface area contributed by atoms with Gasteiger partial charge in [-0.2, -0.15) is 140 Å². The van der Waals surface area contributed by atoms with E-state index in [-0.39, 0.29) is 78.2 Å². The van der Waals surface area contributed by atoms with Crippen LogP contribution in [0.15, 0.2) is 49.6 Å². The first-order valence-corrected chi connectivity index (χ1v) is 40.7. The van der Waals surface area contributed by atoms with Crippen molar-refractivity contribution in [2.75, 3.05) is 105 Å². The minimum atomic E-state index is -6.97. The van der Waals surface area contributed by atoms with E-state index >= 15 is 0 Å². The van der Waals surface area contributed by atoms with Gasteiger partial charge in [-0.25, -0.2) is 52.8 Å². The zero-order valence-corrected chi connectivity index (χ0v) is 69.0. The van der Waals surface area contributed by atoms with Gasteiger partial charge in [-0.05, 0) is 32.1 Å². The number of amides is 4. The van der Waals surface area contributed by atoms with Crippen molar-refractivity contribution >= 4 is 88.0 Å². The molecule has 4 amide bonds. The number of piperidine rings is 1. The minimum absolute atomic E-state index is 0.0604. The molecule has 34 nitrogen and oxygen atoms in total. The summed E-state index contributed by atoms with van der Waals surface area (Å²) in [6, 6.07) is 0. The summed E-state index contributed by atoms with van der Waals surface area (Å²) in [6.07, 6.45) is -32.5. The molecular formula is C61H69F32N5O29S4-4. The first-order chi connectivity index (χ1) is 58.6. The van der Waals surface area contributed by atoms with Crippen LogP contribution in [-0.4, -0.2) is 317 Å². The molecule has 0 bridgehead atoms. The number of hydrogen-bond donors (Lipinski definition) is 1. The fourth-order valence-electron chi connectivity index (χ4n) is 9.51. The van der Waals surface area contributed by atoms with Gasteiger partial charge in [0, 0.05) is 91.1 Å².